The minimum absolute atomic E-state index is 0.130. The van der Waals surface area contributed by atoms with E-state index in [0.717, 1.165) is 16.8 Å². The number of nitro benzene ring substituents is 1. The van der Waals surface area contributed by atoms with E-state index in [1.54, 1.807) is 18.2 Å². The van der Waals surface area contributed by atoms with Gasteiger partial charge in [-0.2, -0.15) is 5.26 Å². The van der Waals surface area contributed by atoms with Crippen molar-refractivity contribution in [3.8, 4) is 17.3 Å². The number of nitrogen functional groups attached to an aromatic ring is 1. The van der Waals surface area contributed by atoms with Gasteiger partial charge in [-0.25, -0.2) is 4.98 Å². The van der Waals surface area contributed by atoms with Gasteiger partial charge in [0, 0.05) is 17.0 Å². The van der Waals surface area contributed by atoms with E-state index in [9.17, 15) is 10.1 Å². The number of benzene rings is 2. The first-order valence-corrected chi connectivity index (χ1v) is 8.13. The molecule has 124 valence electrons. The number of nitrogens with zero attached hydrogens (tertiary/aromatic N) is 3. The minimum atomic E-state index is -0.510. The highest BCUT2D eigenvalue weighted by atomic mass is 32.1. The van der Waals surface area contributed by atoms with Crippen LogP contribution in [0.15, 0.2) is 41.8 Å². The summed E-state index contributed by atoms with van der Waals surface area (Å²) in [6, 6.07) is 12.2. The SMILES string of the molecule is Cc1cc(N)c([N+](=O)[O-])cc1Nc1nc(-c2ccc(C#N)cc2)cs1. The standard InChI is InChI=1S/C17H13N5O2S/c1-10-6-13(19)16(22(23)24)7-14(10)20-17-21-15(9-25-17)12-4-2-11(8-18)3-5-12/h2-7,9H,19H2,1H3,(H,20,21). The van der Waals surface area contributed by atoms with Gasteiger partial charge in [-0.15, -0.1) is 11.3 Å². The number of aromatic nitrogens is 1. The second-order valence-electron chi connectivity index (χ2n) is 5.34. The first-order chi connectivity index (χ1) is 12.0. The van der Waals surface area contributed by atoms with E-state index in [4.69, 9.17) is 11.0 Å². The highest BCUT2D eigenvalue weighted by molar-refractivity contribution is 7.14. The van der Waals surface area contributed by atoms with Gasteiger partial charge in [0.2, 0.25) is 0 Å². The molecule has 2 aromatic carbocycles. The maximum Gasteiger partial charge on any atom is 0.294 e. The lowest BCUT2D eigenvalue weighted by Gasteiger charge is -2.08. The molecule has 3 rings (SSSR count). The largest absolute Gasteiger partial charge is 0.393 e. The Labute approximate surface area is 147 Å². The number of aryl methyl sites for hydroxylation is 1. The highest BCUT2D eigenvalue weighted by Gasteiger charge is 2.15. The molecule has 0 spiro atoms. The van der Waals surface area contributed by atoms with E-state index in [-0.39, 0.29) is 11.4 Å². The van der Waals surface area contributed by atoms with Crippen molar-refractivity contribution in [2.75, 3.05) is 11.1 Å². The Morgan fingerprint density at radius 1 is 1.32 bits per heavy atom. The predicted molar refractivity (Wildman–Crippen MR) is 97.8 cm³/mol. The fraction of sp³-hybridized carbons (Fsp3) is 0.0588. The second kappa shape index (κ2) is 6.59. The summed E-state index contributed by atoms with van der Waals surface area (Å²) in [7, 11) is 0. The summed E-state index contributed by atoms with van der Waals surface area (Å²) in [6.45, 7) is 1.82. The van der Waals surface area contributed by atoms with Crippen molar-refractivity contribution in [2.45, 2.75) is 6.92 Å². The van der Waals surface area contributed by atoms with Crippen LogP contribution < -0.4 is 11.1 Å². The van der Waals surface area contributed by atoms with E-state index in [1.807, 2.05) is 24.4 Å². The van der Waals surface area contributed by atoms with Gasteiger partial charge < -0.3 is 11.1 Å². The van der Waals surface area contributed by atoms with Crippen molar-refractivity contribution in [2.24, 2.45) is 0 Å². The van der Waals surface area contributed by atoms with E-state index >= 15 is 0 Å². The maximum absolute atomic E-state index is 11.0. The molecule has 8 heteroatoms. The van der Waals surface area contributed by atoms with Crippen molar-refractivity contribution in [3.63, 3.8) is 0 Å². The predicted octanol–water partition coefficient (Wildman–Crippen LogP) is 4.22. The molecular weight excluding hydrogens is 338 g/mol. The summed E-state index contributed by atoms with van der Waals surface area (Å²) in [4.78, 5) is 15.0. The third kappa shape index (κ3) is 3.41. The molecule has 3 aromatic rings. The van der Waals surface area contributed by atoms with Gasteiger partial charge in [-0.05, 0) is 30.7 Å². The van der Waals surface area contributed by atoms with Gasteiger partial charge >= 0.3 is 0 Å². The minimum Gasteiger partial charge on any atom is -0.393 e. The molecule has 0 radical (unpaired) electrons. The van der Waals surface area contributed by atoms with Crippen molar-refractivity contribution in [1.29, 1.82) is 5.26 Å². The molecule has 1 aromatic heterocycles. The molecule has 0 aliphatic rings. The molecule has 3 N–H and O–H groups in total. The summed E-state index contributed by atoms with van der Waals surface area (Å²) in [5.74, 6) is 0. The van der Waals surface area contributed by atoms with Crippen molar-refractivity contribution >= 4 is 33.5 Å². The van der Waals surface area contributed by atoms with Crippen LogP contribution in [-0.4, -0.2) is 9.91 Å². The Morgan fingerprint density at radius 2 is 2.04 bits per heavy atom. The Hall–Kier alpha value is -3.44. The molecule has 0 saturated heterocycles. The van der Waals surface area contributed by atoms with Crippen LogP contribution in [0.4, 0.5) is 22.2 Å². The lowest BCUT2D eigenvalue weighted by Crippen LogP contribution is -2.00. The summed E-state index contributed by atoms with van der Waals surface area (Å²) >= 11 is 1.39. The lowest BCUT2D eigenvalue weighted by molar-refractivity contribution is -0.383. The topological polar surface area (TPSA) is 118 Å². The second-order valence-corrected chi connectivity index (χ2v) is 6.19. The number of nitrogens with one attached hydrogen (secondary N) is 1. The smallest absolute Gasteiger partial charge is 0.294 e. The number of nitro groups is 1. The zero-order valence-electron chi connectivity index (χ0n) is 13.2. The average molecular weight is 351 g/mol. The number of hydrogen-bond acceptors (Lipinski definition) is 7. The van der Waals surface area contributed by atoms with Crippen LogP contribution in [0.2, 0.25) is 0 Å². The van der Waals surface area contributed by atoms with Gasteiger partial charge in [0.25, 0.3) is 5.69 Å². The summed E-state index contributed by atoms with van der Waals surface area (Å²) in [5.41, 5.74) is 9.29. The molecule has 7 nitrogen and oxygen atoms in total. The normalized spacial score (nSPS) is 10.2. The van der Waals surface area contributed by atoms with Crippen LogP contribution >= 0.6 is 11.3 Å². The number of nitriles is 1. The Balaban J connectivity index is 1.87. The molecular formula is C17H13N5O2S. The zero-order chi connectivity index (χ0) is 18.0. The molecule has 0 fully saturated rings. The highest BCUT2D eigenvalue weighted by Crippen LogP contribution is 2.33. The average Bonchev–Trinajstić information content (AvgIpc) is 3.05. The first kappa shape index (κ1) is 16.4. The van der Waals surface area contributed by atoms with E-state index in [0.29, 0.717) is 16.4 Å². The zero-order valence-corrected chi connectivity index (χ0v) is 14.0. The van der Waals surface area contributed by atoms with E-state index in [2.05, 4.69) is 16.4 Å². The van der Waals surface area contributed by atoms with Crippen LogP contribution in [0.5, 0.6) is 0 Å². The van der Waals surface area contributed by atoms with Crippen LogP contribution in [-0.2, 0) is 0 Å². The molecule has 0 bridgehead atoms. The number of nitrogens with two attached hydrogens (primary N) is 1. The van der Waals surface area contributed by atoms with Crippen molar-refractivity contribution in [3.05, 3.63) is 63.0 Å². The van der Waals surface area contributed by atoms with Crippen LogP contribution in [0.1, 0.15) is 11.1 Å². The third-order valence-electron chi connectivity index (χ3n) is 3.63. The Kier molecular flexibility index (Phi) is 4.33. The Bertz CT molecular complexity index is 989. The van der Waals surface area contributed by atoms with Crippen molar-refractivity contribution < 1.29 is 4.92 Å². The fourth-order valence-corrected chi connectivity index (χ4v) is 3.04. The molecule has 1 heterocycles. The Morgan fingerprint density at radius 3 is 2.68 bits per heavy atom. The van der Waals surface area contributed by atoms with Gasteiger partial charge in [0.05, 0.1) is 27.9 Å². The van der Waals surface area contributed by atoms with E-state index in [1.165, 1.54) is 17.4 Å². The van der Waals surface area contributed by atoms with Crippen LogP contribution in [0.25, 0.3) is 11.3 Å². The first-order valence-electron chi connectivity index (χ1n) is 7.25. The molecule has 0 amide bonds. The maximum atomic E-state index is 11.0. The van der Waals surface area contributed by atoms with Crippen LogP contribution in [0, 0.1) is 28.4 Å². The van der Waals surface area contributed by atoms with Gasteiger partial charge in [0.1, 0.15) is 5.69 Å². The molecule has 0 unspecified atom stereocenters. The summed E-state index contributed by atoms with van der Waals surface area (Å²) in [5, 5.41) is 25.5. The fourth-order valence-electron chi connectivity index (χ4n) is 2.31. The number of rotatable bonds is 4. The number of thiazole rings is 1. The van der Waals surface area contributed by atoms with Crippen molar-refractivity contribution in [1.82, 2.24) is 4.98 Å². The lowest BCUT2D eigenvalue weighted by atomic mass is 10.1. The van der Waals surface area contributed by atoms with Crippen LogP contribution in [0.3, 0.4) is 0 Å². The summed E-state index contributed by atoms with van der Waals surface area (Å²) < 4.78 is 0. The molecule has 25 heavy (non-hydrogen) atoms. The molecule has 0 atom stereocenters. The summed E-state index contributed by atoms with van der Waals surface area (Å²) in [6.07, 6.45) is 0. The molecule has 0 aliphatic carbocycles. The number of hydrogen-bond donors (Lipinski definition) is 2. The quantitative estimate of drug-likeness (QED) is 0.413. The molecule has 0 aliphatic heterocycles. The van der Waals surface area contributed by atoms with E-state index < -0.39 is 4.92 Å². The third-order valence-corrected chi connectivity index (χ3v) is 4.38. The monoisotopic (exact) mass is 351 g/mol. The van der Waals surface area contributed by atoms with Gasteiger partial charge in [0.15, 0.2) is 5.13 Å². The van der Waals surface area contributed by atoms with Gasteiger partial charge in [-0.3, -0.25) is 10.1 Å². The molecule has 0 saturated carbocycles. The van der Waals surface area contributed by atoms with Gasteiger partial charge in [-0.1, -0.05) is 12.1 Å². The number of anilines is 3.